The number of nitrogens with zero attached hydrogens (tertiary/aromatic N) is 5. The highest BCUT2D eigenvalue weighted by atomic mass is 32.2. The number of aromatic nitrogens is 6. The van der Waals surface area contributed by atoms with Crippen LogP contribution in [-0.4, -0.2) is 57.9 Å². The lowest BCUT2D eigenvalue weighted by molar-refractivity contribution is 0.0601. The van der Waals surface area contributed by atoms with Gasteiger partial charge in [-0.1, -0.05) is 0 Å². The van der Waals surface area contributed by atoms with Crippen LogP contribution in [-0.2, 0) is 14.8 Å². The minimum Gasteiger partial charge on any atom is -0.480 e. The molecule has 2 aromatic carbocycles. The summed E-state index contributed by atoms with van der Waals surface area (Å²) in [7, 11) is -2.20. The molecular formula is C27H18F3N7O5S. The number of benzene rings is 2. The normalized spacial score (nSPS) is 11.7. The molecule has 0 fully saturated rings. The molecule has 43 heavy (non-hydrogen) atoms. The van der Waals surface area contributed by atoms with Crippen molar-refractivity contribution in [2.75, 3.05) is 18.9 Å². The van der Waals surface area contributed by atoms with Gasteiger partial charge < -0.3 is 18.9 Å². The molecule has 6 rings (SSSR count). The maximum absolute atomic E-state index is 15.6. The average Bonchev–Trinajstić information content (AvgIpc) is 3.61. The van der Waals surface area contributed by atoms with Gasteiger partial charge in [-0.25, -0.2) is 41.3 Å². The van der Waals surface area contributed by atoms with Crippen LogP contribution < -0.4 is 9.46 Å². The molecule has 0 amide bonds. The van der Waals surface area contributed by atoms with Crippen LogP contribution in [0.3, 0.4) is 0 Å². The quantitative estimate of drug-likeness (QED) is 0.252. The Kier molecular flexibility index (Phi) is 6.68. The summed E-state index contributed by atoms with van der Waals surface area (Å²) in [6.45, 7) is 0. The Morgan fingerprint density at radius 1 is 1.02 bits per heavy atom. The number of hydrogen-bond donors (Lipinski definition) is 2. The van der Waals surface area contributed by atoms with Gasteiger partial charge >= 0.3 is 5.97 Å². The summed E-state index contributed by atoms with van der Waals surface area (Å²) in [4.78, 5) is 30.9. The minimum absolute atomic E-state index is 0.176. The number of imidazole rings is 2. The summed E-state index contributed by atoms with van der Waals surface area (Å²) in [5.74, 6) is -3.83. The largest absolute Gasteiger partial charge is 0.480 e. The maximum atomic E-state index is 15.6. The van der Waals surface area contributed by atoms with Gasteiger partial charge in [0, 0.05) is 12.3 Å². The van der Waals surface area contributed by atoms with Gasteiger partial charge in [0.05, 0.1) is 65.7 Å². The lowest BCUT2D eigenvalue weighted by Crippen LogP contribution is -2.16. The van der Waals surface area contributed by atoms with Gasteiger partial charge in [0.2, 0.25) is 5.88 Å². The number of halogens is 3. The second-order valence-electron chi connectivity index (χ2n) is 9.02. The van der Waals surface area contributed by atoms with Crippen molar-refractivity contribution in [2.24, 2.45) is 0 Å². The molecule has 4 aromatic heterocycles. The van der Waals surface area contributed by atoms with Crippen LogP contribution in [0.1, 0.15) is 10.4 Å². The number of carbonyl (C=O) groups excluding carboxylic acids is 1. The Balaban J connectivity index is 1.36. The van der Waals surface area contributed by atoms with Gasteiger partial charge in [-0.15, -0.1) is 0 Å². The fraction of sp³-hybridized carbons (Fsp3) is 0.0741. The Bertz CT molecular complexity index is 2180. The van der Waals surface area contributed by atoms with E-state index in [1.54, 1.807) is 18.2 Å². The van der Waals surface area contributed by atoms with E-state index in [0.717, 1.165) is 25.4 Å². The van der Waals surface area contributed by atoms with Crippen molar-refractivity contribution < 1.29 is 35.9 Å². The van der Waals surface area contributed by atoms with E-state index in [-0.39, 0.29) is 5.69 Å². The number of nitrogens with one attached hydrogen (secondary N) is 2. The SMILES string of the molecule is COC(=O)c1ccc2nc(-c3ncn4cc(-c5c(F)ccc(NS(=O)(=O)c6cc(F)cnc6OC)c5F)ncc34)[nH]c2c1. The number of sulfonamides is 1. The average molecular weight is 610 g/mol. The molecule has 0 spiro atoms. The van der Waals surface area contributed by atoms with E-state index < -0.39 is 55.5 Å². The molecule has 0 saturated carbocycles. The Labute approximate surface area is 240 Å². The third-order valence-corrected chi connectivity index (χ3v) is 7.77. The fourth-order valence-corrected chi connectivity index (χ4v) is 5.59. The van der Waals surface area contributed by atoms with Crippen LogP contribution in [0.15, 0.2) is 66.2 Å². The standard InChI is InChI=1S/C27H18F3N7O5S/c1-41-26-21(8-14(28)9-32-26)43(39,40)36-17-6-4-15(29)22(23(17)30)19-11-37-12-33-24(20(37)10-31-19)25-34-16-5-3-13(27(38)42-2)7-18(16)35-25/h3-12,36H,1-2H3,(H,34,35). The van der Waals surface area contributed by atoms with E-state index in [1.165, 1.54) is 30.2 Å². The second kappa shape index (κ2) is 10.4. The first-order chi connectivity index (χ1) is 20.6. The summed E-state index contributed by atoms with van der Waals surface area (Å²) >= 11 is 0. The lowest BCUT2D eigenvalue weighted by atomic mass is 10.1. The molecule has 218 valence electrons. The van der Waals surface area contributed by atoms with Crippen molar-refractivity contribution >= 4 is 38.2 Å². The van der Waals surface area contributed by atoms with Crippen LogP contribution in [0.5, 0.6) is 5.88 Å². The highest BCUT2D eigenvalue weighted by Gasteiger charge is 2.26. The molecule has 6 aromatic rings. The topological polar surface area (TPSA) is 153 Å². The number of esters is 1. The van der Waals surface area contributed by atoms with Gasteiger partial charge in [0.1, 0.15) is 23.7 Å². The molecule has 0 unspecified atom stereocenters. The maximum Gasteiger partial charge on any atom is 0.337 e. The van der Waals surface area contributed by atoms with E-state index in [2.05, 4.69) is 24.9 Å². The number of rotatable bonds is 7. The number of anilines is 1. The number of fused-ring (bicyclic) bond motifs is 2. The molecule has 0 radical (unpaired) electrons. The van der Waals surface area contributed by atoms with Crippen molar-refractivity contribution in [2.45, 2.75) is 4.90 Å². The van der Waals surface area contributed by atoms with Crippen molar-refractivity contribution in [1.29, 1.82) is 0 Å². The Morgan fingerprint density at radius 2 is 1.84 bits per heavy atom. The molecule has 2 N–H and O–H groups in total. The monoisotopic (exact) mass is 609 g/mol. The molecular weight excluding hydrogens is 591 g/mol. The summed E-state index contributed by atoms with van der Waals surface area (Å²) in [5, 5.41) is 0. The Morgan fingerprint density at radius 3 is 2.60 bits per heavy atom. The molecule has 12 nitrogen and oxygen atoms in total. The third-order valence-electron chi connectivity index (χ3n) is 6.41. The van der Waals surface area contributed by atoms with E-state index in [0.29, 0.717) is 39.7 Å². The number of H-pyrrole nitrogens is 1. The van der Waals surface area contributed by atoms with Crippen molar-refractivity contribution in [1.82, 2.24) is 29.3 Å². The fourth-order valence-electron chi connectivity index (χ4n) is 4.39. The lowest BCUT2D eigenvalue weighted by Gasteiger charge is -2.13. The van der Waals surface area contributed by atoms with Gasteiger partial charge in [-0.05, 0) is 30.3 Å². The van der Waals surface area contributed by atoms with E-state index in [9.17, 15) is 22.0 Å². The van der Waals surface area contributed by atoms with Crippen LogP contribution in [0.25, 0.3) is 39.3 Å². The molecule has 0 atom stereocenters. The van der Waals surface area contributed by atoms with Gasteiger partial charge in [0.25, 0.3) is 10.0 Å². The first kappa shape index (κ1) is 27.6. The van der Waals surface area contributed by atoms with Crippen molar-refractivity contribution in [3.63, 3.8) is 0 Å². The van der Waals surface area contributed by atoms with Gasteiger partial charge in [-0.2, -0.15) is 0 Å². The highest BCUT2D eigenvalue weighted by molar-refractivity contribution is 7.92. The van der Waals surface area contributed by atoms with E-state index in [4.69, 9.17) is 9.47 Å². The molecule has 0 aliphatic carbocycles. The predicted octanol–water partition coefficient (Wildman–Crippen LogP) is 4.35. The number of hydrogen-bond acceptors (Lipinski definition) is 9. The number of pyridine rings is 1. The predicted molar refractivity (Wildman–Crippen MR) is 146 cm³/mol. The second-order valence-corrected chi connectivity index (χ2v) is 10.7. The van der Waals surface area contributed by atoms with Crippen molar-refractivity contribution in [3.8, 4) is 28.7 Å². The molecule has 0 bridgehead atoms. The molecule has 0 aliphatic rings. The van der Waals surface area contributed by atoms with Crippen LogP contribution >= 0.6 is 0 Å². The number of aromatic amines is 1. The molecule has 4 heterocycles. The van der Waals surface area contributed by atoms with Gasteiger partial charge in [0.15, 0.2) is 16.5 Å². The zero-order valence-corrected chi connectivity index (χ0v) is 22.9. The molecule has 0 saturated heterocycles. The van der Waals surface area contributed by atoms with Crippen LogP contribution in [0.2, 0.25) is 0 Å². The number of ether oxygens (including phenoxy) is 2. The van der Waals surface area contributed by atoms with Crippen molar-refractivity contribution in [3.05, 3.63) is 84.3 Å². The first-order valence-electron chi connectivity index (χ1n) is 12.2. The zero-order chi connectivity index (χ0) is 30.5. The highest BCUT2D eigenvalue weighted by Crippen LogP contribution is 2.33. The van der Waals surface area contributed by atoms with Crippen LogP contribution in [0, 0.1) is 17.5 Å². The molecule has 0 aliphatic heterocycles. The van der Waals surface area contributed by atoms with Crippen LogP contribution in [0.4, 0.5) is 18.9 Å². The van der Waals surface area contributed by atoms with Gasteiger partial charge in [-0.3, -0.25) is 9.71 Å². The number of carbonyl (C=O) groups is 1. The third kappa shape index (κ3) is 4.86. The summed E-state index contributed by atoms with van der Waals surface area (Å²) in [6, 6.07) is 7.19. The van der Waals surface area contributed by atoms with E-state index in [1.807, 2.05) is 4.72 Å². The summed E-state index contributed by atoms with van der Waals surface area (Å²) < 4.78 is 83.3. The smallest absolute Gasteiger partial charge is 0.337 e. The zero-order valence-electron chi connectivity index (χ0n) is 22.1. The summed E-state index contributed by atoms with van der Waals surface area (Å²) in [5.41, 5.74) is 0.818. The van der Waals surface area contributed by atoms with E-state index >= 15 is 4.39 Å². The number of methoxy groups -OCH3 is 2. The summed E-state index contributed by atoms with van der Waals surface area (Å²) in [6.07, 6.45) is 4.77. The molecule has 16 heteroatoms. The first-order valence-corrected chi connectivity index (χ1v) is 13.7. The Hall–Kier alpha value is -5.51. The minimum atomic E-state index is -4.61.